The van der Waals surface area contributed by atoms with Crippen molar-refractivity contribution in [3.8, 4) is 0 Å². The number of hydrogen-bond donors (Lipinski definition) is 2. The number of aromatic nitrogens is 3. The van der Waals surface area contributed by atoms with E-state index in [1.54, 1.807) is 18.3 Å². The lowest BCUT2D eigenvalue weighted by Crippen LogP contribution is -2.24. The third-order valence-electron chi connectivity index (χ3n) is 3.09. The molecule has 0 radical (unpaired) electrons. The van der Waals surface area contributed by atoms with Crippen LogP contribution in [0, 0.1) is 13.8 Å². The second-order valence-electron chi connectivity index (χ2n) is 4.45. The first kappa shape index (κ1) is 14.1. The number of amides is 1. The highest BCUT2D eigenvalue weighted by molar-refractivity contribution is 5.94. The van der Waals surface area contributed by atoms with E-state index in [1.165, 1.54) is 6.33 Å². The van der Waals surface area contributed by atoms with E-state index in [0.29, 0.717) is 24.3 Å². The van der Waals surface area contributed by atoms with Crippen molar-refractivity contribution in [1.82, 2.24) is 20.3 Å². The summed E-state index contributed by atoms with van der Waals surface area (Å²) in [6.45, 7) is 4.51. The van der Waals surface area contributed by atoms with Crippen LogP contribution in [0.3, 0.4) is 0 Å². The van der Waals surface area contributed by atoms with E-state index in [2.05, 4.69) is 20.3 Å². The summed E-state index contributed by atoms with van der Waals surface area (Å²) in [4.78, 5) is 24.4. The second-order valence-corrected chi connectivity index (χ2v) is 4.45. The highest BCUT2D eigenvalue weighted by Gasteiger charge is 2.09. The maximum absolute atomic E-state index is 12.1. The van der Waals surface area contributed by atoms with Crippen LogP contribution in [0.1, 0.15) is 33.0 Å². The molecule has 0 aromatic carbocycles. The molecule has 2 rings (SSSR count). The molecule has 0 atom stereocenters. The van der Waals surface area contributed by atoms with Crippen molar-refractivity contribution in [3.63, 3.8) is 0 Å². The molecule has 0 fully saturated rings. The zero-order valence-electron chi connectivity index (χ0n) is 11.6. The van der Waals surface area contributed by atoms with Crippen LogP contribution >= 0.6 is 0 Å². The zero-order chi connectivity index (χ0) is 14.5. The molecule has 6 heteroatoms. The minimum Gasteiger partial charge on any atom is -0.348 e. The Morgan fingerprint density at radius 2 is 1.95 bits per heavy atom. The fourth-order valence-electron chi connectivity index (χ4n) is 1.88. The zero-order valence-corrected chi connectivity index (χ0v) is 11.6. The van der Waals surface area contributed by atoms with E-state index in [1.807, 2.05) is 13.8 Å². The number of nitrogens with two attached hydrogens (primary N) is 1. The van der Waals surface area contributed by atoms with E-state index in [4.69, 9.17) is 5.73 Å². The lowest BCUT2D eigenvalue weighted by Gasteiger charge is -2.09. The van der Waals surface area contributed by atoms with Crippen molar-refractivity contribution in [2.24, 2.45) is 5.73 Å². The molecule has 6 nitrogen and oxygen atoms in total. The Hall–Kier alpha value is -2.34. The minimum absolute atomic E-state index is 0.162. The SMILES string of the molecule is Cc1ncnc(C)c1CNC(=O)c1ccnc(CN)c1. The van der Waals surface area contributed by atoms with Gasteiger partial charge in [-0.3, -0.25) is 9.78 Å². The van der Waals surface area contributed by atoms with Gasteiger partial charge in [-0.15, -0.1) is 0 Å². The average Bonchev–Trinajstić information content (AvgIpc) is 2.46. The normalized spacial score (nSPS) is 10.3. The monoisotopic (exact) mass is 271 g/mol. The van der Waals surface area contributed by atoms with Gasteiger partial charge < -0.3 is 11.1 Å². The quantitative estimate of drug-likeness (QED) is 0.860. The Morgan fingerprint density at radius 1 is 1.25 bits per heavy atom. The summed E-state index contributed by atoms with van der Waals surface area (Å²) in [7, 11) is 0. The number of pyridine rings is 1. The molecule has 0 aliphatic heterocycles. The van der Waals surface area contributed by atoms with E-state index < -0.39 is 0 Å². The Bertz CT molecular complexity index is 606. The second kappa shape index (κ2) is 6.21. The molecule has 1 amide bonds. The van der Waals surface area contributed by atoms with Crippen LogP contribution in [-0.4, -0.2) is 20.9 Å². The van der Waals surface area contributed by atoms with Crippen molar-refractivity contribution >= 4 is 5.91 Å². The number of nitrogens with zero attached hydrogens (tertiary/aromatic N) is 3. The largest absolute Gasteiger partial charge is 0.348 e. The van der Waals surface area contributed by atoms with Gasteiger partial charge in [0.05, 0.1) is 5.69 Å². The van der Waals surface area contributed by atoms with Gasteiger partial charge in [-0.05, 0) is 26.0 Å². The standard InChI is InChI=1S/C14H17N5O/c1-9-13(10(2)19-8-18-9)7-17-14(20)11-3-4-16-12(5-11)6-15/h3-5,8H,6-7,15H2,1-2H3,(H,17,20). The summed E-state index contributed by atoms with van der Waals surface area (Å²) >= 11 is 0. The average molecular weight is 271 g/mol. The highest BCUT2D eigenvalue weighted by Crippen LogP contribution is 2.08. The van der Waals surface area contributed by atoms with Crippen molar-refractivity contribution in [1.29, 1.82) is 0 Å². The molecule has 0 aliphatic carbocycles. The van der Waals surface area contributed by atoms with Gasteiger partial charge in [0.15, 0.2) is 0 Å². The van der Waals surface area contributed by atoms with Crippen molar-refractivity contribution in [2.45, 2.75) is 26.9 Å². The maximum atomic E-state index is 12.1. The molecule has 0 unspecified atom stereocenters. The van der Waals surface area contributed by atoms with Crippen LogP contribution < -0.4 is 11.1 Å². The summed E-state index contributed by atoms with van der Waals surface area (Å²) in [6.07, 6.45) is 3.10. The molecule has 0 spiro atoms. The van der Waals surface area contributed by atoms with Crippen LogP contribution in [0.5, 0.6) is 0 Å². The minimum atomic E-state index is -0.162. The molecule has 0 bridgehead atoms. The van der Waals surface area contributed by atoms with Crippen LogP contribution in [0.4, 0.5) is 0 Å². The molecular weight excluding hydrogens is 254 g/mol. The third kappa shape index (κ3) is 3.16. The van der Waals surface area contributed by atoms with Gasteiger partial charge in [-0.2, -0.15) is 0 Å². The maximum Gasteiger partial charge on any atom is 0.251 e. The number of hydrogen-bond acceptors (Lipinski definition) is 5. The summed E-state index contributed by atoms with van der Waals surface area (Å²) in [5, 5.41) is 2.86. The molecule has 0 saturated carbocycles. The van der Waals surface area contributed by atoms with Gasteiger partial charge in [0, 0.05) is 41.8 Å². The van der Waals surface area contributed by atoms with Crippen molar-refractivity contribution in [2.75, 3.05) is 0 Å². The van der Waals surface area contributed by atoms with Crippen LogP contribution in [0.2, 0.25) is 0 Å². The number of rotatable bonds is 4. The molecule has 2 aromatic rings. The van der Waals surface area contributed by atoms with E-state index in [0.717, 1.165) is 17.0 Å². The first-order chi connectivity index (χ1) is 9.61. The Labute approximate surface area is 117 Å². The molecule has 0 saturated heterocycles. The van der Waals surface area contributed by atoms with Crippen LogP contribution in [0.25, 0.3) is 0 Å². The predicted molar refractivity (Wildman–Crippen MR) is 74.8 cm³/mol. The predicted octanol–water partition coefficient (Wildman–Crippen LogP) is 0.877. The summed E-state index contributed by atoms with van der Waals surface area (Å²) < 4.78 is 0. The van der Waals surface area contributed by atoms with Gasteiger partial charge in [-0.25, -0.2) is 9.97 Å². The molecule has 2 aromatic heterocycles. The van der Waals surface area contributed by atoms with Gasteiger partial charge in [0.2, 0.25) is 0 Å². The summed E-state index contributed by atoms with van der Waals surface area (Å²) in [6, 6.07) is 3.35. The van der Waals surface area contributed by atoms with Crippen molar-refractivity contribution in [3.05, 3.63) is 52.9 Å². The Morgan fingerprint density at radius 3 is 2.60 bits per heavy atom. The third-order valence-corrected chi connectivity index (χ3v) is 3.09. The fraction of sp³-hybridized carbons (Fsp3) is 0.286. The first-order valence-electron chi connectivity index (χ1n) is 6.32. The summed E-state index contributed by atoms with van der Waals surface area (Å²) in [5.41, 5.74) is 9.43. The van der Waals surface area contributed by atoms with Crippen molar-refractivity contribution < 1.29 is 4.79 Å². The van der Waals surface area contributed by atoms with Crippen LogP contribution in [0.15, 0.2) is 24.7 Å². The van der Waals surface area contributed by atoms with Gasteiger partial charge in [0.1, 0.15) is 6.33 Å². The number of nitrogens with one attached hydrogen (secondary N) is 1. The Balaban J connectivity index is 2.09. The van der Waals surface area contributed by atoms with Gasteiger partial charge in [0.25, 0.3) is 5.91 Å². The fourth-order valence-corrected chi connectivity index (χ4v) is 1.88. The number of carbonyl (C=O) groups is 1. The number of carbonyl (C=O) groups excluding carboxylic acids is 1. The molecular formula is C14H17N5O. The first-order valence-corrected chi connectivity index (χ1v) is 6.32. The molecule has 20 heavy (non-hydrogen) atoms. The topological polar surface area (TPSA) is 93.8 Å². The molecule has 0 aliphatic rings. The molecule has 2 heterocycles. The highest BCUT2D eigenvalue weighted by atomic mass is 16.1. The number of aryl methyl sites for hydroxylation is 2. The summed E-state index contributed by atoms with van der Waals surface area (Å²) in [5.74, 6) is -0.162. The lowest BCUT2D eigenvalue weighted by atomic mass is 10.1. The molecule has 104 valence electrons. The van der Waals surface area contributed by atoms with E-state index >= 15 is 0 Å². The molecule has 3 N–H and O–H groups in total. The van der Waals surface area contributed by atoms with E-state index in [-0.39, 0.29) is 5.91 Å². The van der Waals surface area contributed by atoms with E-state index in [9.17, 15) is 4.79 Å². The smallest absolute Gasteiger partial charge is 0.251 e. The van der Waals surface area contributed by atoms with Crippen LogP contribution in [-0.2, 0) is 13.1 Å². The Kier molecular flexibility index (Phi) is 4.37. The van der Waals surface area contributed by atoms with Gasteiger partial charge in [-0.1, -0.05) is 0 Å². The van der Waals surface area contributed by atoms with Gasteiger partial charge >= 0.3 is 0 Å². The lowest BCUT2D eigenvalue weighted by molar-refractivity contribution is 0.0950.